The van der Waals surface area contributed by atoms with Crippen molar-refractivity contribution in [3.63, 3.8) is 0 Å². The largest absolute Gasteiger partial charge is 0.417 e. The van der Waals surface area contributed by atoms with Crippen LogP contribution < -0.4 is 0 Å². The number of hydrogen-bond donors (Lipinski definition) is 0. The monoisotopic (exact) mass is 413 g/mol. The smallest absolute Gasteiger partial charge is 0.365 e. The van der Waals surface area contributed by atoms with Crippen molar-refractivity contribution in [1.82, 2.24) is 14.8 Å². The molecule has 0 saturated heterocycles. The van der Waals surface area contributed by atoms with Gasteiger partial charge in [0.05, 0.1) is 21.0 Å². The summed E-state index contributed by atoms with van der Waals surface area (Å²) >= 11 is 7.55. The van der Waals surface area contributed by atoms with E-state index in [1.165, 1.54) is 17.4 Å². The van der Waals surface area contributed by atoms with E-state index in [1.54, 1.807) is 17.8 Å². The number of aromatic nitrogens is 1. The first-order chi connectivity index (χ1) is 12.8. The van der Waals surface area contributed by atoms with Crippen molar-refractivity contribution in [2.75, 3.05) is 6.54 Å². The third-order valence-electron chi connectivity index (χ3n) is 4.61. The zero-order chi connectivity index (χ0) is 19.2. The van der Waals surface area contributed by atoms with Crippen molar-refractivity contribution in [2.45, 2.75) is 31.9 Å². The van der Waals surface area contributed by atoms with Gasteiger partial charge >= 0.3 is 6.18 Å². The summed E-state index contributed by atoms with van der Waals surface area (Å²) in [5, 5.41) is 8.30. The lowest BCUT2D eigenvalue weighted by atomic mass is 10.1. The fourth-order valence-electron chi connectivity index (χ4n) is 3.20. The van der Waals surface area contributed by atoms with Crippen LogP contribution in [0.1, 0.15) is 29.1 Å². The molecule has 0 saturated carbocycles. The van der Waals surface area contributed by atoms with E-state index in [1.807, 2.05) is 18.0 Å². The zero-order valence-electron chi connectivity index (χ0n) is 14.2. The molecule has 2 aliphatic rings. The number of halogens is 4. The van der Waals surface area contributed by atoms with Gasteiger partial charge in [-0.2, -0.15) is 18.3 Å². The van der Waals surface area contributed by atoms with Crippen LogP contribution in [0.25, 0.3) is 0 Å². The van der Waals surface area contributed by atoms with Crippen LogP contribution in [0.5, 0.6) is 0 Å². The zero-order valence-corrected chi connectivity index (χ0v) is 15.8. The van der Waals surface area contributed by atoms with Crippen LogP contribution in [0.15, 0.2) is 52.2 Å². The van der Waals surface area contributed by atoms with Gasteiger partial charge in [0.1, 0.15) is 0 Å². The van der Waals surface area contributed by atoms with Gasteiger partial charge in [-0.15, -0.1) is 16.5 Å². The van der Waals surface area contributed by atoms with Crippen molar-refractivity contribution in [1.29, 1.82) is 0 Å². The minimum Gasteiger partial charge on any atom is -0.365 e. The minimum absolute atomic E-state index is 0.0540. The average molecular weight is 414 g/mol. The second-order valence-electron chi connectivity index (χ2n) is 6.43. The van der Waals surface area contributed by atoms with Gasteiger partial charge in [-0.3, -0.25) is 4.98 Å². The quantitative estimate of drug-likeness (QED) is 0.687. The van der Waals surface area contributed by atoms with E-state index < -0.39 is 11.7 Å². The predicted octanol–water partition coefficient (Wildman–Crippen LogP) is 5.28. The maximum absolute atomic E-state index is 13.1. The molecule has 0 bridgehead atoms. The lowest BCUT2D eigenvalue weighted by Crippen LogP contribution is -2.43. The first-order valence-electron chi connectivity index (χ1n) is 8.22. The van der Waals surface area contributed by atoms with Gasteiger partial charge in [0.2, 0.25) is 0 Å². The predicted molar refractivity (Wildman–Crippen MR) is 96.0 cm³/mol. The van der Waals surface area contributed by atoms with Crippen LogP contribution in [0, 0.1) is 0 Å². The molecule has 3 heterocycles. The molecule has 0 amide bonds. The first kappa shape index (κ1) is 18.2. The summed E-state index contributed by atoms with van der Waals surface area (Å²) in [6.45, 7) is 2.93. The van der Waals surface area contributed by atoms with Crippen molar-refractivity contribution >= 4 is 22.9 Å². The summed E-state index contributed by atoms with van der Waals surface area (Å²) in [5.74, 6) is 0.689. The van der Waals surface area contributed by atoms with Gasteiger partial charge in [-0.25, -0.2) is 0 Å². The third kappa shape index (κ3) is 3.41. The Morgan fingerprint density at radius 1 is 1.33 bits per heavy atom. The van der Waals surface area contributed by atoms with E-state index >= 15 is 0 Å². The minimum atomic E-state index is -4.47. The fourth-order valence-corrected chi connectivity index (χ4v) is 4.15. The van der Waals surface area contributed by atoms with Crippen LogP contribution in [-0.2, 0) is 12.7 Å². The van der Waals surface area contributed by atoms with Gasteiger partial charge < -0.3 is 9.80 Å². The van der Waals surface area contributed by atoms with E-state index in [-0.39, 0.29) is 23.8 Å². The second-order valence-corrected chi connectivity index (χ2v) is 7.73. The molecule has 1 unspecified atom stereocenters. The highest BCUT2D eigenvalue weighted by Gasteiger charge is 2.36. The maximum Gasteiger partial charge on any atom is 0.417 e. The molecule has 0 fully saturated rings. The number of thiazole rings is 1. The molecule has 0 N–H and O–H groups in total. The Labute approximate surface area is 162 Å². The van der Waals surface area contributed by atoms with Crippen molar-refractivity contribution in [2.24, 2.45) is 10.2 Å². The van der Waals surface area contributed by atoms with Crippen LogP contribution in [0.2, 0.25) is 5.02 Å². The fraction of sp³-hybridized carbons (Fsp3) is 0.353. The molecule has 4 rings (SSSR count). The van der Waals surface area contributed by atoms with Crippen LogP contribution >= 0.6 is 22.9 Å². The molecule has 142 valence electrons. The highest BCUT2D eigenvalue weighted by Crippen LogP contribution is 2.39. The second kappa shape index (κ2) is 6.79. The molecule has 2 aromatic rings. The lowest BCUT2D eigenvalue weighted by molar-refractivity contribution is -0.137. The van der Waals surface area contributed by atoms with Gasteiger partial charge in [0.25, 0.3) is 0 Å². The van der Waals surface area contributed by atoms with Crippen LogP contribution in [0.3, 0.4) is 0 Å². The third-order valence-corrected chi connectivity index (χ3v) is 5.87. The number of benzene rings is 1. The van der Waals surface area contributed by atoms with E-state index in [9.17, 15) is 13.2 Å². The number of alkyl halides is 3. The molecule has 1 aromatic carbocycles. The van der Waals surface area contributed by atoms with E-state index in [2.05, 4.69) is 20.1 Å². The molecule has 0 spiro atoms. The Bertz CT molecular complexity index is 896. The molecule has 27 heavy (non-hydrogen) atoms. The number of rotatable bonds is 3. The average Bonchev–Trinajstić information content (AvgIpc) is 3.25. The molecule has 0 aliphatic carbocycles. The van der Waals surface area contributed by atoms with E-state index in [4.69, 9.17) is 11.6 Å². The summed E-state index contributed by atoms with van der Waals surface area (Å²) in [6.07, 6.45) is -1.06. The van der Waals surface area contributed by atoms with Crippen molar-refractivity contribution < 1.29 is 13.2 Å². The number of azo groups is 1. The van der Waals surface area contributed by atoms with Gasteiger partial charge in [-0.05, 0) is 18.6 Å². The number of nitrogens with zero attached hydrogens (tertiary/aromatic N) is 5. The SMILES string of the molecule is C[C@H]1CN2C(=CN1Cc1cccc(C(F)(F)F)c1Cl)N=NC2c1cncs1. The highest BCUT2D eigenvalue weighted by atomic mass is 35.5. The van der Waals surface area contributed by atoms with Gasteiger partial charge in [-0.1, -0.05) is 23.7 Å². The molecular weight excluding hydrogens is 399 g/mol. The molecular formula is C17H15ClF3N5S. The molecule has 2 aliphatic heterocycles. The summed E-state index contributed by atoms with van der Waals surface area (Å²) in [7, 11) is 0. The standard InChI is InChI=1S/C17H15ClF3N5S/c1-10-6-26-14(23-24-16(26)13-5-22-9-27-13)8-25(10)7-11-3-2-4-12(15(11)18)17(19,20)21/h2-5,8-10,16H,6-7H2,1H3/t10-,16?/m0/s1. The summed E-state index contributed by atoms with van der Waals surface area (Å²) in [4.78, 5) is 9.11. The number of hydrogen-bond acceptors (Lipinski definition) is 6. The normalized spacial score (nSPS) is 22.2. The Morgan fingerprint density at radius 2 is 2.15 bits per heavy atom. The Hall–Kier alpha value is -2.13. The molecule has 1 aromatic heterocycles. The van der Waals surface area contributed by atoms with Crippen LogP contribution in [-0.4, -0.2) is 27.4 Å². The summed E-state index contributed by atoms with van der Waals surface area (Å²) in [5.41, 5.74) is 1.37. The van der Waals surface area contributed by atoms with E-state index in [0.717, 1.165) is 10.9 Å². The Morgan fingerprint density at radius 3 is 2.85 bits per heavy atom. The molecule has 2 atom stereocenters. The molecule has 0 radical (unpaired) electrons. The highest BCUT2D eigenvalue weighted by molar-refractivity contribution is 7.09. The molecule has 5 nitrogen and oxygen atoms in total. The first-order valence-corrected chi connectivity index (χ1v) is 9.48. The topological polar surface area (TPSA) is 44.1 Å². The van der Waals surface area contributed by atoms with E-state index in [0.29, 0.717) is 17.9 Å². The molecule has 10 heteroatoms. The van der Waals surface area contributed by atoms with Crippen LogP contribution in [0.4, 0.5) is 13.2 Å². The summed E-state index contributed by atoms with van der Waals surface area (Å²) < 4.78 is 39.3. The Kier molecular flexibility index (Phi) is 4.59. The van der Waals surface area contributed by atoms with Crippen molar-refractivity contribution in [3.8, 4) is 0 Å². The maximum atomic E-state index is 13.1. The summed E-state index contributed by atoms with van der Waals surface area (Å²) in [6, 6.07) is 4.05. The van der Waals surface area contributed by atoms with Crippen molar-refractivity contribution in [3.05, 3.63) is 63.0 Å². The lowest BCUT2D eigenvalue weighted by Gasteiger charge is -2.38. The van der Waals surface area contributed by atoms with Gasteiger partial charge in [0.15, 0.2) is 12.0 Å². The Balaban J connectivity index is 1.58. The van der Waals surface area contributed by atoms with Gasteiger partial charge in [0, 0.05) is 31.5 Å². The number of fused-ring (bicyclic) bond motifs is 1.